The first-order chi connectivity index (χ1) is 15.7. The molecule has 1 N–H and O–H groups in total. The van der Waals surface area contributed by atoms with Gasteiger partial charge in [-0.25, -0.2) is 0 Å². The van der Waals surface area contributed by atoms with Crippen molar-refractivity contribution in [1.29, 1.82) is 0 Å². The fraction of sp³-hybridized carbons (Fsp3) is 0.308. The quantitative estimate of drug-likeness (QED) is 0.582. The zero-order valence-electron chi connectivity index (χ0n) is 18.2. The zero-order valence-corrected chi connectivity index (χ0v) is 18.2. The molecule has 1 saturated heterocycles. The maximum atomic E-state index is 13.2. The van der Waals surface area contributed by atoms with E-state index in [4.69, 9.17) is 4.42 Å². The second-order valence-electron chi connectivity index (χ2n) is 8.22. The zero-order chi connectivity index (χ0) is 22.2. The monoisotopic (exact) mass is 431 g/mol. The third-order valence-electron chi connectivity index (χ3n) is 5.85. The summed E-state index contributed by atoms with van der Waals surface area (Å²) in [5.74, 6) is 0.874. The van der Waals surface area contributed by atoms with Gasteiger partial charge in [0.25, 0.3) is 0 Å². The van der Waals surface area contributed by atoms with E-state index in [0.717, 1.165) is 42.9 Å². The van der Waals surface area contributed by atoms with E-state index in [1.807, 2.05) is 77.7 Å². The summed E-state index contributed by atoms with van der Waals surface area (Å²) in [5.41, 5.74) is 1.91. The molecule has 0 unspecified atom stereocenters. The Kier molecular flexibility index (Phi) is 7.35. The molecule has 1 aliphatic rings. The van der Waals surface area contributed by atoms with Crippen molar-refractivity contribution in [3.05, 3.63) is 90.4 Å². The van der Waals surface area contributed by atoms with Crippen molar-refractivity contribution in [3.8, 4) is 0 Å². The second kappa shape index (κ2) is 10.8. The van der Waals surface area contributed by atoms with E-state index in [-0.39, 0.29) is 17.7 Å². The van der Waals surface area contributed by atoms with Crippen LogP contribution in [-0.2, 0) is 22.7 Å². The maximum absolute atomic E-state index is 13.2. The van der Waals surface area contributed by atoms with E-state index in [2.05, 4.69) is 10.2 Å². The lowest BCUT2D eigenvalue weighted by Gasteiger charge is -2.32. The highest BCUT2D eigenvalue weighted by atomic mass is 16.3. The summed E-state index contributed by atoms with van der Waals surface area (Å²) in [7, 11) is 0. The molecule has 1 aliphatic heterocycles. The Morgan fingerprint density at radius 3 is 2.25 bits per heavy atom. The highest BCUT2D eigenvalue weighted by molar-refractivity contribution is 5.92. The normalized spacial score (nSPS) is 14.8. The molecule has 6 nitrogen and oxygen atoms in total. The highest BCUT2D eigenvalue weighted by Gasteiger charge is 2.27. The number of nitrogens with one attached hydrogen (secondary N) is 1. The van der Waals surface area contributed by atoms with Gasteiger partial charge in [-0.15, -0.1) is 0 Å². The number of furan rings is 1. The Bertz CT molecular complexity index is 982. The molecule has 2 heterocycles. The van der Waals surface area contributed by atoms with Gasteiger partial charge in [-0.3, -0.25) is 14.5 Å². The van der Waals surface area contributed by atoms with Gasteiger partial charge in [0.05, 0.1) is 19.4 Å². The molecule has 0 atom stereocenters. The number of para-hydroxylation sites is 1. The second-order valence-corrected chi connectivity index (χ2v) is 8.22. The lowest BCUT2D eigenvalue weighted by molar-refractivity contribution is -0.134. The summed E-state index contributed by atoms with van der Waals surface area (Å²) in [6.07, 6.45) is 3.14. The lowest BCUT2D eigenvalue weighted by Crippen LogP contribution is -2.44. The van der Waals surface area contributed by atoms with E-state index >= 15 is 0 Å². The predicted octanol–water partition coefficient (Wildman–Crippen LogP) is 4.16. The van der Waals surface area contributed by atoms with E-state index in [1.165, 1.54) is 0 Å². The molecule has 2 amide bonds. The van der Waals surface area contributed by atoms with Gasteiger partial charge >= 0.3 is 0 Å². The smallest absolute Gasteiger partial charge is 0.237 e. The van der Waals surface area contributed by atoms with Crippen LogP contribution in [0.15, 0.2) is 83.5 Å². The molecular formula is C26H29N3O3. The van der Waals surface area contributed by atoms with Crippen molar-refractivity contribution >= 4 is 17.5 Å². The molecule has 4 rings (SSSR count). The average Bonchev–Trinajstić information content (AvgIpc) is 3.34. The molecule has 0 aliphatic carbocycles. The third-order valence-corrected chi connectivity index (χ3v) is 5.85. The van der Waals surface area contributed by atoms with Gasteiger partial charge in [-0.1, -0.05) is 48.5 Å². The summed E-state index contributed by atoms with van der Waals surface area (Å²) < 4.78 is 5.48. The largest absolute Gasteiger partial charge is 0.467 e. The highest BCUT2D eigenvalue weighted by Crippen LogP contribution is 2.20. The van der Waals surface area contributed by atoms with Crippen LogP contribution in [-0.4, -0.2) is 41.2 Å². The molecule has 2 aromatic carbocycles. The van der Waals surface area contributed by atoms with E-state index in [9.17, 15) is 9.59 Å². The third kappa shape index (κ3) is 6.08. The van der Waals surface area contributed by atoms with E-state index < -0.39 is 0 Å². The van der Waals surface area contributed by atoms with Gasteiger partial charge in [0.1, 0.15) is 5.76 Å². The Morgan fingerprint density at radius 1 is 0.906 bits per heavy atom. The number of nitrogens with zero attached hydrogens (tertiary/aromatic N) is 2. The molecule has 3 aromatic rings. The van der Waals surface area contributed by atoms with Crippen molar-refractivity contribution in [2.24, 2.45) is 5.92 Å². The van der Waals surface area contributed by atoms with E-state index in [1.54, 1.807) is 6.26 Å². The minimum absolute atomic E-state index is 0.0231. The molecule has 6 heteroatoms. The van der Waals surface area contributed by atoms with Gasteiger partial charge in [0, 0.05) is 18.2 Å². The number of carbonyl (C=O) groups excluding carboxylic acids is 2. The van der Waals surface area contributed by atoms with Crippen molar-refractivity contribution in [2.45, 2.75) is 25.9 Å². The number of anilines is 1. The van der Waals surface area contributed by atoms with Gasteiger partial charge in [-0.2, -0.15) is 0 Å². The van der Waals surface area contributed by atoms with Gasteiger partial charge < -0.3 is 14.6 Å². The number of amides is 2. The van der Waals surface area contributed by atoms with Gasteiger partial charge in [0.15, 0.2) is 0 Å². The van der Waals surface area contributed by atoms with Crippen LogP contribution >= 0.6 is 0 Å². The summed E-state index contributed by atoms with van der Waals surface area (Å²) in [6.45, 7) is 2.80. The van der Waals surface area contributed by atoms with Crippen LogP contribution in [0, 0.1) is 5.92 Å². The fourth-order valence-corrected chi connectivity index (χ4v) is 4.04. The lowest BCUT2D eigenvalue weighted by atomic mass is 9.95. The molecular weight excluding hydrogens is 402 g/mol. The number of rotatable bonds is 8. The maximum Gasteiger partial charge on any atom is 0.237 e. The molecule has 0 radical (unpaired) electrons. The van der Waals surface area contributed by atoms with Crippen LogP contribution < -0.4 is 5.32 Å². The van der Waals surface area contributed by atoms with Crippen LogP contribution in [0.2, 0.25) is 0 Å². The number of carbonyl (C=O) groups is 2. The molecule has 32 heavy (non-hydrogen) atoms. The topological polar surface area (TPSA) is 65.8 Å². The first-order valence-electron chi connectivity index (χ1n) is 11.1. The minimum atomic E-state index is -0.0231. The Hall–Kier alpha value is -3.38. The SMILES string of the molecule is O=C(Nc1ccccc1)C1CCN(CC(=O)N(Cc2ccccc2)Cc2ccco2)CC1. The molecule has 1 fully saturated rings. The molecule has 0 saturated carbocycles. The predicted molar refractivity (Wildman–Crippen MR) is 124 cm³/mol. The van der Waals surface area contributed by atoms with Crippen molar-refractivity contribution < 1.29 is 14.0 Å². The first-order valence-corrected chi connectivity index (χ1v) is 11.1. The van der Waals surface area contributed by atoms with Crippen LogP contribution in [0.3, 0.4) is 0 Å². The molecule has 166 valence electrons. The summed E-state index contributed by atoms with van der Waals surface area (Å²) in [6, 6.07) is 23.3. The summed E-state index contributed by atoms with van der Waals surface area (Å²) >= 11 is 0. The Balaban J connectivity index is 1.31. The first kappa shape index (κ1) is 21.8. The Labute approximate surface area is 188 Å². The van der Waals surface area contributed by atoms with E-state index in [0.29, 0.717) is 19.6 Å². The minimum Gasteiger partial charge on any atom is -0.467 e. The summed E-state index contributed by atoms with van der Waals surface area (Å²) in [5, 5.41) is 2.99. The van der Waals surface area contributed by atoms with Crippen molar-refractivity contribution in [1.82, 2.24) is 9.80 Å². The van der Waals surface area contributed by atoms with Crippen molar-refractivity contribution in [2.75, 3.05) is 25.0 Å². The van der Waals surface area contributed by atoms with Gasteiger partial charge in [-0.05, 0) is 55.8 Å². The number of benzene rings is 2. The van der Waals surface area contributed by atoms with Crippen LogP contribution in [0.5, 0.6) is 0 Å². The number of piperidine rings is 1. The van der Waals surface area contributed by atoms with Crippen LogP contribution in [0.1, 0.15) is 24.2 Å². The molecule has 0 spiro atoms. The molecule has 1 aromatic heterocycles. The van der Waals surface area contributed by atoms with Gasteiger partial charge in [0.2, 0.25) is 11.8 Å². The summed E-state index contributed by atoms with van der Waals surface area (Å²) in [4.78, 5) is 29.7. The van der Waals surface area contributed by atoms with Crippen LogP contribution in [0.25, 0.3) is 0 Å². The fourth-order valence-electron chi connectivity index (χ4n) is 4.04. The number of likely N-dealkylation sites (tertiary alicyclic amines) is 1. The van der Waals surface area contributed by atoms with Crippen LogP contribution in [0.4, 0.5) is 5.69 Å². The Morgan fingerprint density at radius 2 is 1.59 bits per heavy atom. The standard InChI is InChI=1S/C26H29N3O3/c30-25(29(19-24-12-7-17-32-24)18-21-8-3-1-4-9-21)20-28-15-13-22(14-16-28)26(31)27-23-10-5-2-6-11-23/h1-12,17,22H,13-16,18-20H2,(H,27,31). The van der Waals surface area contributed by atoms with Crippen molar-refractivity contribution in [3.63, 3.8) is 0 Å². The average molecular weight is 432 g/mol. The number of hydrogen-bond acceptors (Lipinski definition) is 4. The molecule has 0 bridgehead atoms. The number of hydrogen-bond donors (Lipinski definition) is 1.